The number of hydrogen-bond donors (Lipinski definition) is 6. The van der Waals surface area contributed by atoms with Gasteiger partial charge in [0.15, 0.2) is 0 Å². The van der Waals surface area contributed by atoms with Gasteiger partial charge >= 0.3 is 37.9 Å². The van der Waals surface area contributed by atoms with Crippen molar-refractivity contribution >= 4 is 72.9 Å². The Bertz CT molecular complexity index is 1320. The van der Waals surface area contributed by atoms with Crippen LogP contribution in [0.25, 0.3) is 0 Å². The van der Waals surface area contributed by atoms with Crippen molar-refractivity contribution in [3.05, 3.63) is 0 Å². The smallest absolute Gasteiger partial charge is 0.390 e. The highest BCUT2D eigenvalue weighted by Gasteiger charge is 2.46. The van der Waals surface area contributed by atoms with E-state index in [-0.39, 0.29) is 19.3 Å². The van der Waals surface area contributed by atoms with Gasteiger partial charge in [-0.2, -0.15) is 4.31 Å². The van der Waals surface area contributed by atoms with Crippen molar-refractivity contribution in [1.82, 2.24) is 0 Å². The molecule has 0 spiro atoms. The molecule has 48 heavy (non-hydrogen) atoms. The van der Waals surface area contributed by atoms with Crippen molar-refractivity contribution in [2.24, 2.45) is 0 Å². The third kappa shape index (κ3) is 14.1. The molecule has 278 valence electrons. The molecule has 0 saturated carbocycles. The average molecular weight is 814 g/mol. The summed E-state index contributed by atoms with van der Waals surface area (Å²) in [5.74, 6) is 0. The Balaban J connectivity index is 1.54. The van der Waals surface area contributed by atoms with Crippen LogP contribution in [0.2, 0.25) is 0 Å². The number of alkyl halides is 1. The first-order valence-electron chi connectivity index (χ1n) is 14.6. The lowest BCUT2D eigenvalue weighted by Gasteiger charge is -2.25. The Hall–Kier alpha value is 1.02. The molecule has 0 bridgehead atoms. The van der Waals surface area contributed by atoms with E-state index in [4.69, 9.17) is 36.8 Å². The zero-order valence-electron chi connectivity index (χ0n) is 26.0. The number of rotatable bonds is 20. The van der Waals surface area contributed by atoms with Crippen LogP contribution >= 0.6 is 50.1 Å². The summed E-state index contributed by atoms with van der Waals surface area (Å²) in [6.45, 7) is -6.35. The Morgan fingerprint density at radius 1 is 0.812 bits per heavy atom. The quantitative estimate of drug-likeness (QED) is 0.0524. The monoisotopic (exact) mass is 814 g/mol. The Kier molecular flexibility index (Phi) is 16.2. The first kappa shape index (κ1) is 43.4. The maximum absolute atomic E-state index is 12.9. The summed E-state index contributed by atoms with van der Waals surface area (Å²) >= 11 is 3.55. The molecule has 3 fully saturated rings. The molecule has 3 rings (SSSR count). The Morgan fingerprint density at radius 3 is 1.90 bits per heavy atom. The van der Waals surface area contributed by atoms with Gasteiger partial charge < -0.3 is 38.9 Å². The van der Waals surface area contributed by atoms with E-state index < -0.39 is 125 Å². The Labute approximate surface area is 283 Å². The van der Waals surface area contributed by atoms with Crippen LogP contribution in [0.3, 0.4) is 0 Å². The van der Waals surface area contributed by atoms with Crippen LogP contribution < -0.4 is 0 Å². The van der Waals surface area contributed by atoms with E-state index in [1.807, 2.05) is 0 Å². The van der Waals surface area contributed by atoms with Gasteiger partial charge in [-0.05, 0) is 12.8 Å². The fourth-order valence-electron chi connectivity index (χ4n) is 4.86. The molecule has 0 radical (unpaired) electrons. The van der Waals surface area contributed by atoms with Gasteiger partial charge in [-0.3, -0.25) is 27.2 Å². The SMILES string of the molecule is BB[C@H]1C[C@H](OP(=O)(O)OC[C@H]2O[C@@H](CF)C[C@@H]2O)[C@@H](COP(=O)(O)O[C@H]2C[C@H](B)O[C@@H]2COP(=O)(S)OP(=O)(O)OP(=O)(O)CC)O1. The molecule has 5 unspecified atom stereocenters. The fourth-order valence-corrected chi connectivity index (χ4v) is 11.5. The molecule has 5 N–H and O–H groups in total. The summed E-state index contributed by atoms with van der Waals surface area (Å²) in [4.78, 5) is 39.8. The van der Waals surface area contributed by atoms with Crippen molar-refractivity contribution in [3.63, 3.8) is 0 Å². The van der Waals surface area contributed by atoms with Gasteiger partial charge in [0.25, 0.3) is 0 Å². The number of aliphatic hydroxyl groups excluding tert-OH is 1. The third-order valence-corrected chi connectivity index (χ3v) is 15.0. The van der Waals surface area contributed by atoms with Crippen LogP contribution in [0.1, 0.15) is 26.2 Å². The summed E-state index contributed by atoms with van der Waals surface area (Å²) in [5.41, 5.74) is 0. The van der Waals surface area contributed by atoms with E-state index in [0.717, 1.165) is 0 Å². The van der Waals surface area contributed by atoms with Crippen LogP contribution in [-0.2, 0) is 68.3 Å². The summed E-state index contributed by atoms with van der Waals surface area (Å²) in [6.07, 6.45) is -8.26. The topological polar surface area (TPSA) is 279 Å². The summed E-state index contributed by atoms with van der Waals surface area (Å²) < 4.78 is 125. The molecule has 3 aliphatic rings. The highest BCUT2D eigenvalue weighted by molar-refractivity contribution is 8.45. The van der Waals surface area contributed by atoms with Gasteiger partial charge in [-0.25, -0.2) is 27.0 Å². The minimum absolute atomic E-state index is 0.00551. The van der Waals surface area contributed by atoms with E-state index in [1.165, 1.54) is 6.92 Å². The predicted octanol–water partition coefficient (Wildman–Crippen LogP) is -0.280. The van der Waals surface area contributed by atoms with E-state index >= 15 is 0 Å². The number of ether oxygens (including phenoxy) is 3. The molecular weight excluding hydrogens is 775 g/mol. The van der Waals surface area contributed by atoms with Gasteiger partial charge in [0.05, 0.1) is 52.0 Å². The van der Waals surface area contributed by atoms with Crippen LogP contribution in [0.15, 0.2) is 0 Å². The molecule has 0 aliphatic carbocycles. The first-order valence-corrected chi connectivity index (χ1v) is 23.6. The number of phosphoric ester groups is 2. The number of thiol groups is 1. The lowest BCUT2D eigenvalue weighted by Crippen LogP contribution is -2.31. The summed E-state index contributed by atoms with van der Waals surface area (Å²) in [7, 11) is -15.9. The van der Waals surface area contributed by atoms with Crippen molar-refractivity contribution in [1.29, 1.82) is 0 Å². The standard InChI is InChI=1S/C18H39B3FO20P5S/c1-2-43(24,25)41-46(30,31)42-47(32,48)35-9-15-12(4-17(19)37-15)39-45(28,29)34-8-16-13(5-18(21-20)38-16)40-44(26,27)33-7-14-11(23)3-10(6-22)36-14/h10-18,21,23H,2-9,19-20H2,1H3,(H,24,25)(H,26,27)(H,28,29)(H,30,31)(H,32,48)/t10-,11+,12+,13+,14-,15-,16-,17-,18-,47?/m1/s1. The van der Waals surface area contributed by atoms with Crippen molar-refractivity contribution in [2.75, 3.05) is 32.7 Å². The number of hydrogen-bond acceptors (Lipinski definition) is 16. The second-order valence-electron chi connectivity index (χ2n) is 11.1. The second kappa shape index (κ2) is 17.9. The minimum atomic E-state index is -5.38. The molecule has 0 aromatic heterocycles. The normalized spacial score (nSPS) is 37.2. The maximum Gasteiger partial charge on any atom is 0.487 e. The maximum atomic E-state index is 12.9. The fraction of sp³-hybridized carbons (Fsp3) is 1.00. The molecule has 0 aromatic carbocycles. The van der Waals surface area contributed by atoms with Crippen LogP contribution in [-0.4, -0.2) is 135 Å². The summed E-state index contributed by atoms with van der Waals surface area (Å²) in [5, 5.41) is 9.95. The molecular formula is C18H39B3FO20P5S. The molecule has 3 heterocycles. The number of phosphoric acid groups is 3. The van der Waals surface area contributed by atoms with Gasteiger partial charge in [-0.15, -0.1) is 0 Å². The van der Waals surface area contributed by atoms with E-state index in [9.17, 15) is 51.9 Å². The highest BCUT2D eigenvalue weighted by atomic mass is 32.7. The molecule has 0 amide bonds. The van der Waals surface area contributed by atoms with Gasteiger partial charge in [-0.1, -0.05) is 19.2 Å². The van der Waals surface area contributed by atoms with E-state index in [1.54, 1.807) is 15.6 Å². The Morgan fingerprint density at radius 2 is 1.35 bits per heavy atom. The molecule has 0 aromatic rings. The molecule has 30 heteroatoms. The third-order valence-electron chi connectivity index (χ3n) is 7.17. The largest absolute Gasteiger partial charge is 0.487 e. The van der Waals surface area contributed by atoms with Crippen LogP contribution in [0, 0.1) is 0 Å². The first-order chi connectivity index (χ1) is 22.1. The summed E-state index contributed by atoms with van der Waals surface area (Å²) in [6, 6.07) is -1.07. The minimum Gasteiger partial charge on any atom is -0.390 e. The van der Waals surface area contributed by atoms with Crippen LogP contribution in [0.4, 0.5) is 4.39 Å². The van der Waals surface area contributed by atoms with Crippen molar-refractivity contribution in [2.45, 2.75) is 80.9 Å². The zero-order chi connectivity index (χ0) is 36.1. The van der Waals surface area contributed by atoms with Crippen molar-refractivity contribution < 1.29 is 97.3 Å². The highest BCUT2D eigenvalue weighted by Crippen LogP contribution is 2.70. The second-order valence-corrected chi connectivity index (χ2v) is 20.7. The lowest BCUT2D eigenvalue weighted by molar-refractivity contribution is -0.0394. The average Bonchev–Trinajstić information content (AvgIpc) is 3.63. The van der Waals surface area contributed by atoms with Gasteiger partial charge in [0.2, 0.25) is 0 Å². The van der Waals surface area contributed by atoms with Crippen LogP contribution in [0.5, 0.6) is 0 Å². The van der Waals surface area contributed by atoms with E-state index in [2.05, 4.69) is 20.9 Å². The van der Waals surface area contributed by atoms with Crippen molar-refractivity contribution in [3.8, 4) is 0 Å². The predicted molar refractivity (Wildman–Crippen MR) is 172 cm³/mol. The van der Waals surface area contributed by atoms with Gasteiger partial charge in [0, 0.05) is 24.6 Å². The van der Waals surface area contributed by atoms with E-state index in [0.29, 0.717) is 7.17 Å². The zero-order valence-corrected chi connectivity index (χ0v) is 31.3. The molecule has 14 atom stereocenters. The molecule has 20 nitrogen and oxygen atoms in total. The lowest BCUT2D eigenvalue weighted by atomic mass is 9.51. The number of aliphatic hydroxyl groups is 1. The number of halogens is 1. The molecule has 3 saturated heterocycles. The van der Waals surface area contributed by atoms with Gasteiger partial charge in [0.1, 0.15) is 40.0 Å². The molecule has 3 aliphatic heterocycles.